The van der Waals surface area contributed by atoms with Gasteiger partial charge in [-0.05, 0) is 37.6 Å². The minimum atomic E-state index is -1.34. The molecule has 1 atom stereocenters. The highest BCUT2D eigenvalue weighted by atomic mass is 19.1. The molecule has 0 unspecified atom stereocenters. The molecule has 11 heteroatoms. The molecular formula is C26H27FN8O2. The molecule has 0 aliphatic carbocycles. The number of anilines is 1. The highest BCUT2D eigenvalue weighted by molar-refractivity contribution is 6.01. The summed E-state index contributed by atoms with van der Waals surface area (Å²) in [5.74, 6) is 1.61. The Hall–Kier alpha value is -4.38. The predicted octanol–water partition coefficient (Wildman–Crippen LogP) is 3.34. The molecule has 0 saturated carbocycles. The number of aromatic amines is 1. The third kappa shape index (κ3) is 4.98. The maximum absolute atomic E-state index is 13.3. The molecule has 1 aliphatic heterocycles. The van der Waals surface area contributed by atoms with Crippen molar-refractivity contribution in [2.45, 2.75) is 19.4 Å². The Labute approximate surface area is 213 Å². The lowest BCUT2D eigenvalue weighted by atomic mass is 9.90. The maximum Gasteiger partial charge on any atom is 0.225 e. The standard InChI is InChI=1S/C26H27FN8O2/c1-17-11-22(33-37-17)18-12-23(29-13-18)24(32-16-28)34-7-9-35(10-8-34)25-30-14-20(15-31-25)26(2,36)19-3-5-21(27)6-4-19/h3-6,11-16,28-29,36H,7-10H2,1-2H3/t26-/m0/s1. The average Bonchev–Trinajstić information content (AvgIpc) is 3.57. The van der Waals surface area contributed by atoms with E-state index in [1.54, 1.807) is 31.5 Å². The average molecular weight is 503 g/mol. The van der Waals surface area contributed by atoms with Crippen molar-refractivity contribution in [3.63, 3.8) is 0 Å². The Morgan fingerprint density at radius 2 is 1.84 bits per heavy atom. The van der Waals surface area contributed by atoms with E-state index >= 15 is 0 Å². The number of aryl methyl sites for hydroxylation is 1. The number of nitrogens with zero attached hydrogens (tertiary/aromatic N) is 6. The molecule has 10 nitrogen and oxygen atoms in total. The molecular weight excluding hydrogens is 475 g/mol. The number of H-pyrrole nitrogens is 1. The Kier molecular flexibility index (Phi) is 6.53. The first-order chi connectivity index (χ1) is 17.8. The molecule has 0 spiro atoms. The van der Waals surface area contributed by atoms with E-state index < -0.39 is 5.60 Å². The van der Waals surface area contributed by atoms with E-state index in [1.165, 1.54) is 12.1 Å². The van der Waals surface area contributed by atoms with Crippen molar-refractivity contribution in [3.8, 4) is 11.3 Å². The summed E-state index contributed by atoms with van der Waals surface area (Å²) in [7, 11) is 0. The highest BCUT2D eigenvalue weighted by Gasteiger charge is 2.28. The third-order valence-electron chi connectivity index (χ3n) is 6.50. The van der Waals surface area contributed by atoms with Gasteiger partial charge in [0.25, 0.3) is 0 Å². The second kappa shape index (κ2) is 9.94. The van der Waals surface area contributed by atoms with Crippen LogP contribution in [-0.2, 0) is 5.60 Å². The number of piperazine rings is 1. The van der Waals surface area contributed by atoms with Crippen LogP contribution in [-0.4, -0.2) is 68.5 Å². The van der Waals surface area contributed by atoms with Gasteiger partial charge >= 0.3 is 0 Å². The number of hydrogen-bond donors (Lipinski definition) is 3. The van der Waals surface area contributed by atoms with Gasteiger partial charge in [0.15, 0.2) is 5.84 Å². The lowest BCUT2D eigenvalue weighted by Crippen LogP contribution is -2.49. The van der Waals surface area contributed by atoms with Gasteiger partial charge in [0.2, 0.25) is 5.95 Å². The molecule has 1 fully saturated rings. The van der Waals surface area contributed by atoms with Crippen LogP contribution in [0.4, 0.5) is 10.3 Å². The number of aromatic nitrogens is 4. The number of amidine groups is 1. The summed E-state index contributed by atoms with van der Waals surface area (Å²) in [4.78, 5) is 20.7. The van der Waals surface area contributed by atoms with Crippen LogP contribution in [0, 0.1) is 18.2 Å². The van der Waals surface area contributed by atoms with Crippen molar-refractivity contribution in [1.29, 1.82) is 5.41 Å². The normalized spacial score (nSPS) is 16.1. The van der Waals surface area contributed by atoms with Crippen LogP contribution in [0.25, 0.3) is 11.3 Å². The first-order valence-corrected chi connectivity index (χ1v) is 11.8. The summed E-state index contributed by atoms with van der Waals surface area (Å²) >= 11 is 0. The van der Waals surface area contributed by atoms with E-state index in [9.17, 15) is 9.50 Å². The monoisotopic (exact) mass is 502 g/mol. The van der Waals surface area contributed by atoms with E-state index in [1.807, 2.05) is 25.3 Å². The van der Waals surface area contributed by atoms with Gasteiger partial charge < -0.3 is 24.4 Å². The summed E-state index contributed by atoms with van der Waals surface area (Å²) in [5.41, 5.74) is 2.14. The zero-order valence-electron chi connectivity index (χ0n) is 20.5. The fraction of sp³-hybridized carbons (Fsp3) is 0.269. The van der Waals surface area contributed by atoms with Crippen molar-refractivity contribution in [1.82, 2.24) is 25.0 Å². The number of nitrogens with one attached hydrogen (secondary N) is 2. The molecule has 1 aliphatic rings. The molecule has 4 heterocycles. The van der Waals surface area contributed by atoms with Crippen LogP contribution in [0.2, 0.25) is 0 Å². The SMILES string of the molecule is Cc1cc(-c2c[nH]c(C(=NC=N)N3CCN(c4ncc([C@@](C)(O)c5ccc(F)cc5)cn4)CC3)c2)no1. The van der Waals surface area contributed by atoms with E-state index in [-0.39, 0.29) is 5.82 Å². The summed E-state index contributed by atoms with van der Waals surface area (Å²) < 4.78 is 18.5. The molecule has 3 N–H and O–H groups in total. The zero-order valence-corrected chi connectivity index (χ0v) is 20.5. The lowest BCUT2D eigenvalue weighted by molar-refractivity contribution is 0.101. The van der Waals surface area contributed by atoms with Crippen LogP contribution in [0.5, 0.6) is 0 Å². The van der Waals surface area contributed by atoms with Gasteiger partial charge in [-0.15, -0.1) is 0 Å². The number of benzene rings is 1. The van der Waals surface area contributed by atoms with Crippen molar-refractivity contribution in [3.05, 3.63) is 83.4 Å². The topological polar surface area (TPSA) is 131 Å². The molecule has 0 bridgehead atoms. The van der Waals surface area contributed by atoms with Gasteiger partial charge in [-0.25, -0.2) is 19.4 Å². The van der Waals surface area contributed by atoms with Crippen LogP contribution in [0.3, 0.4) is 0 Å². The first-order valence-electron chi connectivity index (χ1n) is 11.8. The summed E-state index contributed by atoms with van der Waals surface area (Å²) in [6.45, 7) is 6.10. The quantitative estimate of drug-likeness (QED) is 0.272. The van der Waals surface area contributed by atoms with Gasteiger partial charge in [-0.1, -0.05) is 17.3 Å². The molecule has 4 aromatic rings. The number of hydrogen-bond acceptors (Lipinski definition) is 7. The Morgan fingerprint density at radius 1 is 1.14 bits per heavy atom. The van der Waals surface area contributed by atoms with Crippen molar-refractivity contribution in [2.75, 3.05) is 31.1 Å². The minimum absolute atomic E-state index is 0.360. The Balaban J connectivity index is 1.26. The van der Waals surface area contributed by atoms with Crippen LogP contribution in [0.1, 0.15) is 29.5 Å². The Morgan fingerprint density at radius 3 is 2.46 bits per heavy atom. The summed E-state index contributed by atoms with van der Waals surface area (Å²) in [5, 5.41) is 22.6. The van der Waals surface area contributed by atoms with Crippen LogP contribution >= 0.6 is 0 Å². The van der Waals surface area contributed by atoms with Crippen LogP contribution in [0.15, 0.2) is 64.5 Å². The fourth-order valence-corrected chi connectivity index (χ4v) is 4.35. The second-order valence-electron chi connectivity index (χ2n) is 9.03. The molecule has 1 aromatic carbocycles. The lowest BCUT2D eigenvalue weighted by Gasteiger charge is -2.36. The predicted molar refractivity (Wildman–Crippen MR) is 137 cm³/mol. The number of aliphatic imine (C=N–C) groups is 1. The molecule has 1 saturated heterocycles. The van der Waals surface area contributed by atoms with E-state index in [0.29, 0.717) is 49.1 Å². The van der Waals surface area contributed by atoms with E-state index in [0.717, 1.165) is 29.1 Å². The molecule has 37 heavy (non-hydrogen) atoms. The van der Waals surface area contributed by atoms with E-state index in [2.05, 4.69) is 34.9 Å². The molecule has 3 aromatic heterocycles. The molecule has 190 valence electrons. The van der Waals surface area contributed by atoms with Gasteiger partial charge in [-0.2, -0.15) is 0 Å². The number of rotatable bonds is 6. The third-order valence-corrected chi connectivity index (χ3v) is 6.50. The number of aliphatic hydroxyl groups is 1. The summed E-state index contributed by atoms with van der Waals surface area (Å²) in [6, 6.07) is 9.55. The highest BCUT2D eigenvalue weighted by Crippen LogP contribution is 2.29. The molecule has 0 radical (unpaired) electrons. The first kappa shape index (κ1) is 24.3. The summed E-state index contributed by atoms with van der Waals surface area (Å²) in [6.07, 6.45) is 6.09. The minimum Gasteiger partial charge on any atom is -0.381 e. The maximum atomic E-state index is 13.3. The van der Waals surface area contributed by atoms with Crippen molar-refractivity contribution in [2.24, 2.45) is 4.99 Å². The van der Waals surface area contributed by atoms with Gasteiger partial charge in [0, 0.05) is 62.0 Å². The molecule has 5 rings (SSSR count). The number of halogens is 1. The second-order valence-corrected chi connectivity index (χ2v) is 9.03. The smallest absolute Gasteiger partial charge is 0.225 e. The largest absolute Gasteiger partial charge is 0.381 e. The van der Waals surface area contributed by atoms with Gasteiger partial charge in [-0.3, -0.25) is 5.41 Å². The van der Waals surface area contributed by atoms with Crippen molar-refractivity contribution >= 4 is 18.1 Å². The Bertz CT molecular complexity index is 1400. The van der Waals surface area contributed by atoms with Gasteiger partial charge in [0.1, 0.15) is 29.2 Å². The van der Waals surface area contributed by atoms with Gasteiger partial charge in [0.05, 0.1) is 5.69 Å². The van der Waals surface area contributed by atoms with E-state index in [4.69, 9.17) is 9.93 Å². The zero-order chi connectivity index (χ0) is 26.0. The fourth-order valence-electron chi connectivity index (χ4n) is 4.35. The molecule has 0 amide bonds. The van der Waals surface area contributed by atoms with Crippen LogP contribution < -0.4 is 4.90 Å². The van der Waals surface area contributed by atoms with Crippen molar-refractivity contribution < 1.29 is 14.0 Å².